The monoisotopic (exact) mass is 183 g/mol. The first-order valence-corrected chi connectivity index (χ1v) is 5.67. The molecule has 0 spiro atoms. The van der Waals surface area contributed by atoms with Gasteiger partial charge in [0.05, 0.1) is 0 Å². The molecular weight excluding hydrogens is 158 g/mol. The third kappa shape index (κ3) is 3.30. The van der Waals surface area contributed by atoms with Gasteiger partial charge in [-0.25, -0.2) is 0 Å². The lowest BCUT2D eigenvalue weighted by Gasteiger charge is -2.38. The number of hydrogen-bond donors (Lipinski definition) is 0. The van der Waals surface area contributed by atoms with Crippen molar-refractivity contribution in [3.63, 3.8) is 0 Å². The van der Waals surface area contributed by atoms with Gasteiger partial charge in [-0.1, -0.05) is 33.1 Å². The quantitative estimate of drug-likeness (QED) is 0.649. The minimum Gasteiger partial charge on any atom is -0.309 e. The molecule has 0 amide bonds. The average molecular weight is 183 g/mol. The molecule has 0 saturated heterocycles. The van der Waals surface area contributed by atoms with E-state index in [1.807, 2.05) is 0 Å². The maximum Gasteiger partial charge on any atom is 0.00292 e. The molecule has 1 nitrogen and oxygen atoms in total. The Balaban J connectivity index is 2.45. The van der Waals surface area contributed by atoms with Gasteiger partial charge in [-0.05, 0) is 38.3 Å². The molecule has 1 saturated carbocycles. The van der Waals surface area contributed by atoms with Gasteiger partial charge < -0.3 is 4.90 Å². The maximum atomic E-state index is 2.43. The van der Waals surface area contributed by atoms with Crippen molar-refractivity contribution in [1.29, 1.82) is 0 Å². The van der Waals surface area contributed by atoms with Crippen molar-refractivity contribution in [1.82, 2.24) is 4.90 Å². The zero-order valence-electron chi connectivity index (χ0n) is 9.77. The smallest absolute Gasteiger partial charge is 0.00292 e. The van der Waals surface area contributed by atoms with E-state index in [0.717, 1.165) is 5.92 Å². The van der Waals surface area contributed by atoms with E-state index in [4.69, 9.17) is 0 Å². The molecule has 1 heteroatoms. The van der Waals surface area contributed by atoms with Gasteiger partial charge in [0.2, 0.25) is 0 Å². The van der Waals surface area contributed by atoms with Gasteiger partial charge in [0, 0.05) is 6.54 Å². The summed E-state index contributed by atoms with van der Waals surface area (Å²) in [6.07, 6.45) is 7.30. The second-order valence-corrected chi connectivity index (χ2v) is 5.56. The van der Waals surface area contributed by atoms with E-state index >= 15 is 0 Å². The second-order valence-electron chi connectivity index (χ2n) is 5.56. The van der Waals surface area contributed by atoms with Crippen LogP contribution >= 0.6 is 0 Å². The topological polar surface area (TPSA) is 3.24 Å². The van der Waals surface area contributed by atoms with Crippen LogP contribution in [0.5, 0.6) is 0 Å². The third-order valence-corrected chi connectivity index (χ3v) is 3.43. The van der Waals surface area contributed by atoms with Crippen molar-refractivity contribution in [2.45, 2.75) is 46.0 Å². The fourth-order valence-corrected chi connectivity index (χ4v) is 2.83. The van der Waals surface area contributed by atoms with Crippen LogP contribution < -0.4 is 0 Å². The van der Waals surface area contributed by atoms with Crippen LogP contribution in [0.3, 0.4) is 0 Å². The lowest BCUT2D eigenvalue weighted by Crippen LogP contribution is -2.36. The molecule has 0 atom stereocenters. The molecule has 0 heterocycles. The van der Waals surface area contributed by atoms with E-state index in [1.165, 1.54) is 38.6 Å². The molecule has 1 aliphatic carbocycles. The minimum atomic E-state index is 0.518. The lowest BCUT2D eigenvalue weighted by atomic mass is 9.71. The summed E-state index contributed by atoms with van der Waals surface area (Å²) >= 11 is 0. The van der Waals surface area contributed by atoms with Crippen LogP contribution in [0.15, 0.2) is 0 Å². The van der Waals surface area contributed by atoms with E-state index < -0.39 is 0 Å². The second kappa shape index (κ2) is 4.45. The predicted octanol–water partition coefficient (Wildman–Crippen LogP) is 3.15. The molecule has 78 valence electrons. The molecule has 1 aliphatic rings. The van der Waals surface area contributed by atoms with E-state index in [0.29, 0.717) is 5.41 Å². The van der Waals surface area contributed by atoms with Gasteiger partial charge >= 0.3 is 0 Å². The van der Waals surface area contributed by atoms with E-state index in [1.54, 1.807) is 0 Å². The van der Waals surface area contributed by atoms with Crippen molar-refractivity contribution in [2.75, 3.05) is 20.6 Å². The Bertz CT molecular complexity index is 143. The summed E-state index contributed by atoms with van der Waals surface area (Å²) in [5, 5.41) is 0. The fraction of sp³-hybridized carbons (Fsp3) is 1.00. The Morgan fingerprint density at radius 3 is 2.08 bits per heavy atom. The first-order valence-electron chi connectivity index (χ1n) is 5.67. The molecule has 1 rings (SSSR count). The summed E-state index contributed by atoms with van der Waals surface area (Å²) in [6.45, 7) is 6.10. The molecule has 1 fully saturated rings. The van der Waals surface area contributed by atoms with Crippen molar-refractivity contribution in [3.05, 3.63) is 0 Å². The van der Waals surface area contributed by atoms with Crippen LogP contribution in [0.2, 0.25) is 0 Å². The average Bonchev–Trinajstić information content (AvgIpc) is 2.04. The van der Waals surface area contributed by atoms with E-state index in [2.05, 4.69) is 32.8 Å². The Kier molecular flexibility index (Phi) is 3.78. The molecule has 13 heavy (non-hydrogen) atoms. The Morgan fingerprint density at radius 1 is 1.08 bits per heavy atom. The first-order chi connectivity index (χ1) is 6.02. The molecule has 0 aromatic rings. The maximum absolute atomic E-state index is 2.43. The minimum absolute atomic E-state index is 0.518. The highest BCUT2D eigenvalue weighted by Gasteiger charge is 2.30. The highest BCUT2D eigenvalue weighted by atomic mass is 15.1. The van der Waals surface area contributed by atoms with Crippen LogP contribution in [0, 0.1) is 11.3 Å². The standard InChI is InChI=1S/C12H25N/c1-12(2,10-13(3)4)11-8-6-5-7-9-11/h11H,5-10H2,1-4H3. The van der Waals surface area contributed by atoms with Gasteiger partial charge in [0.25, 0.3) is 0 Å². The molecule has 0 aromatic heterocycles. The Hall–Kier alpha value is -0.0400. The van der Waals surface area contributed by atoms with Gasteiger partial charge in [-0.15, -0.1) is 0 Å². The summed E-state index contributed by atoms with van der Waals surface area (Å²) in [5.74, 6) is 0.962. The fourth-order valence-electron chi connectivity index (χ4n) is 2.83. The number of hydrogen-bond acceptors (Lipinski definition) is 1. The van der Waals surface area contributed by atoms with Gasteiger partial charge in [0.1, 0.15) is 0 Å². The molecule has 0 aliphatic heterocycles. The largest absolute Gasteiger partial charge is 0.309 e. The van der Waals surface area contributed by atoms with Crippen LogP contribution in [0.1, 0.15) is 46.0 Å². The predicted molar refractivity (Wildman–Crippen MR) is 58.9 cm³/mol. The highest BCUT2D eigenvalue weighted by molar-refractivity contribution is 4.82. The normalized spacial score (nSPS) is 21.0. The first kappa shape index (κ1) is 11.0. The van der Waals surface area contributed by atoms with Gasteiger partial charge in [0.15, 0.2) is 0 Å². The Labute approximate surface area is 83.5 Å². The zero-order chi connectivity index (χ0) is 9.90. The third-order valence-electron chi connectivity index (χ3n) is 3.43. The summed E-state index contributed by atoms with van der Waals surface area (Å²) in [4.78, 5) is 2.33. The number of rotatable bonds is 3. The SMILES string of the molecule is CN(C)CC(C)(C)C1CCCCC1. The van der Waals surface area contributed by atoms with Crippen molar-refractivity contribution in [3.8, 4) is 0 Å². The van der Waals surface area contributed by atoms with Crippen molar-refractivity contribution < 1.29 is 0 Å². The van der Waals surface area contributed by atoms with E-state index in [-0.39, 0.29) is 0 Å². The van der Waals surface area contributed by atoms with Crippen LogP contribution in [-0.2, 0) is 0 Å². The van der Waals surface area contributed by atoms with Crippen molar-refractivity contribution in [2.24, 2.45) is 11.3 Å². The summed E-state index contributed by atoms with van der Waals surface area (Å²) in [7, 11) is 4.37. The van der Waals surface area contributed by atoms with Crippen LogP contribution in [-0.4, -0.2) is 25.5 Å². The summed E-state index contributed by atoms with van der Waals surface area (Å²) < 4.78 is 0. The molecular formula is C12H25N. The highest BCUT2D eigenvalue weighted by Crippen LogP contribution is 2.38. The van der Waals surface area contributed by atoms with Gasteiger partial charge in [-0.3, -0.25) is 0 Å². The summed E-state index contributed by atoms with van der Waals surface area (Å²) in [5.41, 5.74) is 0.518. The summed E-state index contributed by atoms with van der Waals surface area (Å²) in [6, 6.07) is 0. The molecule has 0 unspecified atom stereocenters. The zero-order valence-corrected chi connectivity index (χ0v) is 9.77. The van der Waals surface area contributed by atoms with Gasteiger partial charge in [-0.2, -0.15) is 0 Å². The number of nitrogens with zero attached hydrogens (tertiary/aromatic N) is 1. The van der Waals surface area contributed by atoms with Crippen LogP contribution in [0.4, 0.5) is 0 Å². The van der Waals surface area contributed by atoms with Crippen molar-refractivity contribution >= 4 is 0 Å². The molecule has 0 radical (unpaired) electrons. The van der Waals surface area contributed by atoms with Crippen LogP contribution in [0.25, 0.3) is 0 Å². The molecule has 0 aromatic carbocycles. The molecule has 0 bridgehead atoms. The van der Waals surface area contributed by atoms with E-state index in [9.17, 15) is 0 Å². The molecule has 0 N–H and O–H groups in total. The Morgan fingerprint density at radius 2 is 1.62 bits per heavy atom. The lowest BCUT2D eigenvalue weighted by molar-refractivity contribution is 0.117.